The van der Waals surface area contributed by atoms with E-state index in [9.17, 15) is 27.5 Å². The highest BCUT2D eigenvalue weighted by atomic mass is 19.4. The number of nitrogens with one attached hydrogen (secondary N) is 1. The fourth-order valence-corrected chi connectivity index (χ4v) is 3.30. The number of nitrogens with zero attached hydrogens (tertiary/aromatic N) is 5. The van der Waals surface area contributed by atoms with Gasteiger partial charge in [-0.3, -0.25) is 4.79 Å². The second-order valence-corrected chi connectivity index (χ2v) is 7.26. The molecule has 172 valence electrons. The summed E-state index contributed by atoms with van der Waals surface area (Å²) in [6.07, 6.45) is -2.65. The zero-order valence-electron chi connectivity index (χ0n) is 17.6. The fourth-order valence-electron chi connectivity index (χ4n) is 3.30. The Bertz CT molecular complexity index is 1090. The van der Waals surface area contributed by atoms with Crippen LogP contribution < -0.4 is 10.2 Å². The molecular formula is C20H22F4N6O2. The molecule has 1 aromatic carbocycles. The summed E-state index contributed by atoms with van der Waals surface area (Å²) in [5.41, 5.74) is -0.285. The molecule has 0 aliphatic carbocycles. The molecule has 32 heavy (non-hydrogen) atoms. The summed E-state index contributed by atoms with van der Waals surface area (Å²) in [5.74, 6) is -0.608. The number of benzene rings is 1. The molecule has 0 saturated carbocycles. The molecule has 0 aliphatic rings. The van der Waals surface area contributed by atoms with Gasteiger partial charge in [0, 0.05) is 33.3 Å². The Labute approximate surface area is 181 Å². The monoisotopic (exact) mass is 454 g/mol. The number of aryl methyl sites for hydroxylation is 1. The first kappa shape index (κ1) is 23.3. The minimum absolute atomic E-state index is 0.0132. The number of imidazole rings is 1. The van der Waals surface area contributed by atoms with E-state index < -0.39 is 36.2 Å². The van der Waals surface area contributed by atoms with Crippen molar-refractivity contribution in [3.8, 4) is 5.69 Å². The van der Waals surface area contributed by atoms with E-state index in [1.54, 1.807) is 19.0 Å². The summed E-state index contributed by atoms with van der Waals surface area (Å²) >= 11 is 0. The van der Waals surface area contributed by atoms with E-state index in [0.29, 0.717) is 17.2 Å². The largest absolute Gasteiger partial charge is 0.434 e. The quantitative estimate of drug-likeness (QED) is 0.536. The number of aliphatic hydroxyl groups is 1. The SMILES string of the molecule is Cc1nc(C(F)(F)F)cn1C(CCO)C(=O)Nc1cnn(-c2ccc(F)cc2)c1N(C)C. The summed E-state index contributed by atoms with van der Waals surface area (Å²) in [4.78, 5) is 18.2. The van der Waals surface area contributed by atoms with Crippen LogP contribution in [0.25, 0.3) is 5.69 Å². The normalized spacial score (nSPS) is 12.6. The van der Waals surface area contributed by atoms with Crippen molar-refractivity contribution in [2.45, 2.75) is 25.6 Å². The summed E-state index contributed by atoms with van der Waals surface area (Å²) in [6.45, 7) is 0.928. The van der Waals surface area contributed by atoms with Crippen LogP contribution in [0.3, 0.4) is 0 Å². The topological polar surface area (TPSA) is 88.2 Å². The maximum Gasteiger partial charge on any atom is 0.434 e. The lowest BCUT2D eigenvalue weighted by molar-refractivity contribution is -0.141. The Morgan fingerprint density at radius 3 is 2.44 bits per heavy atom. The molecule has 0 fully saturated rings. The molecule has 0 aliphatic heterocycles. The smallest absolute Gasteiger partial charge is 0.396 e. The summed E-state index contributed by atoms with van der Waals surface area (Å²) in [6, 6.07) is 4.44. The lowest BCUT2D eigenvalue weighted by Gasteiger charge is -2.21. The van der Waals surface area contributed by atoms with Crippen LogP contribution in [0.1, 0.15) is 24.0 Å². The lowest BCUT2D eigenvalue weighted by Crippen LogP contribution is -2.28. The zero-order valence-corrected chi connectivity index (χ0v) is 17.6. The van der Waals surface area contributed by atoms with Crippen molar-refractivity contribution in [1.29, 1.82) is 0 Å². The molecule has 3 rings (SSSR count). The van der Waals surface area contributed by atoms with Crippen LogP contribution in [0.15, 0.2) is 36.7 Å². The number of halogens is 4. The Balaban J connectivity index is 1.94. The van der Waals surface area contributed by atoms with Crippen molar-refractivity contribution < 1.29 is 27.5 Å². The molecule has 12 heteroatoms. The third-order valence-corrected chi connectivity index (χ3v) is 4.75. The van der Waals surface area contributed by atoms with Crippen molar-refractivity contribution in [3.63, 3.8) is 0 Å². The van der Waals surface area contributed by atoms with Gasteiger partial charge in [0.15, 0.2) is 11.5 Å². The Morgan fingerprint density at radius 1 is 1.25 bits per heavy atom. The van der Waals surface area contributed by atoms with Gasteiger partial charge < -0.3 is 19.9 Å². The van der Waals surface area contributed by atoms with Gasteiger partial charge in [0.1, 0.15) is 23.4 Å². The molecule has 0 spiro atoms. The average molecular weight is 454 g/mol. The van der Waals surface area contributed by atoms with Gasteiger partial charge in [0.25, 0.3) is 0 Å². The second kappa shape index (κ2) is 8.99. The van der Waals surface area contributed by atoms with Crippen molar-refractivity contribution in [1.82, 2.24) is 19.3 Å². The predicted molar refractivity (Wildman–Crippen MR) is 109 cm³/mol. The number of carbonyl (C=O) groups is 1. The number of hydrogen-bond acceptors (Lipinski definition) is 5. The highest BCUT2D eigenvalue weighted by molar-refractivity contribution is 5.96. The van der Waals surface area contributed by atoms with Crippen LogP contribution >= 0.6 is 0 Å². The lowest BCUT2D eigenvalue weighted by atomic mass is 10.2. The standard InChI is InChI=1S/C20H22F4N6O2/c1-12-26-17(20(22,23)24)11-29(12)16(8-9-31)18(32)27-15-10-25-30(19(15)28(2)3)14-6-4-13(21)5-7-14/h4-7,10-11,16,31H,8-9H2,1-3H3,(H,27,32). The molecule has 2 N–H and O–H groups in total. The average Bonchev–Trinajstić information content (AvgIpc) is 3.30. The molecule has 2 heterocycles. The molecule has 2 aromatic heterocycles. The second-order valence-electron chi connectivity index (χ2n) is 7.26. The Hall–Kier alpha value is -3.41. The van der Waals surface area contributed by atoms with Crippen LogP contribution in [0.4, 0.5) is 29.1 Å². The van der Waals surface area contributed by atoms with E-state index in [1.165, 1.54) is 42.1 Å². The van der Waals surface area contributed by atoms with Gasteiger partial charge in [-0.2, -0.15) is 18.3 Å². The van der Waals surface area contributed by atoms with Crippen LogP contribution in [-0.4, -0.2) is 51.0 Å². The first-order chi connectivity index (χ1) is 15.0. The van der Waals surface area contributed by atoms with Gasteiger partial charge in [-0.1, -0.05) is 0 Å². The van der Waals surface area contributed by atoms with Crippen molar-refractivity contribution in [2.75, 3.05) is 30.9 Å². The number of aliphatic hydroxyl groups excluding tert-OH is 1. The zero-order chi connectivity index (χ0) is 23.6. The maximum absolute atomic E-state index is 13.3. The summed E-state index contributed by atoms with van der Waals surface area (Å²) in [5, 5.41) is 16.3. The minimum atomic E-state index is -4.66. The van der Waals surface area contributed by atoms with Crippen molar-refractivity contribution in [2.24, 2.45) is 0 Å². The number of alkyl halides is 3. The Kier molecular flexibility index (Phi) is 6.53. The summed E-state index contributed by atoms with van der Waals surface area (Å²) in [7, 11) is 3.43. The van der Waals surface area contributed by atoms with Gasteiger partial charge in [-0.15, -0.1) is 0 Å². The molecule has 1 amide bonds. The first-order valence-corrected chi connectivity index (χ1v) is 9.58. The molecule has 1 atom stereocenters. The van der Waals surface area contributed by atoms with Gasteiger partial charge in [0.05, 0.1) is 11.9 Å². The van der Waals surface area contributed by atoms with Crippen LogP contribution in [-0.2, 0) is 11.0 Å². The van der Waals surface area contributed by atoms with Crippen LogP contribution in [0.2, 0.25) is 0 Å². The first-order valence-electron chi connectivity index (χ1n) is 9.58. The Morgan fingerprint density at radius 2 is 1.91 bits per heavy atom. The number of amides is 1. The minimum Gasteiger partial charge on any atom is -0.396 e. The number of carbonyl (C=O) groups excluding carboxylic acids is 1. The van der Waals surface area contributed by atoms with Gasteiger partial charge >= 0.3 is 6.18 Å². The van der Waals surface area contributed by atoms with E-state index in [0.717, 1.165) is 10.8 Å². The predicted octanol–water partition coefficient (Wildman–Crippen LogP) is 3.16. The van der Waals surface area contributed by atoms with E-state index in [2.05, 4.69) is 15.4 Å². The number of hydrogen-bond donors (Lipinski definition) is 2. The van der Waals surface area contributed by atoms with Crippen molar-refractivity contribution in [3.05, 3.63) is 54.0 Å². The third kappa shape index (κ3) is 4.74. The molecule has 0 radical (unpaired) electrons. The molecule has 0 bridgehead atoms. The van der Waals surface area contributed by atoms with Gasteiger partial charge in [-0.05, 0) is 31.2 Å². The number of aromatic nitrogens is 4. The fraction of sp³-hybridized carbons (Fsp3) is 0.350. The highest BCUT2D eigenvalue weighted by Crippen LogP contribution is 2.31. The molecule has 8 nitrogen and oxygen atoms in total. The molecule has 0 saturated heterocycles. The van der Waals surface area contributed by atoms with E-state index in [4.69, 9.17) is 0 Å². The summed E-state index contributed by atoms with van der Waals surface area (Å²) < 4.78 is 55.0. The van der Waals surface area contributed by atoms with Crippen LogP contribution in [0.5, 0.6) is 0 Å². The molecule has 1 unspecified atom stereocenters. The molecular weight excluding hydrogens is 432 g/mol. The third-order valence-electron chi connectivity index (χ3n) is 4.75. The van der Waals surface area contributed by atoms with E-state index in [1.807, 2.05) is 0 Å². The number of rotatable bonds is 7. The van der Waals surface area contributed by atoms with E-state index >= 15 is 0 Å². The van der Waals surface area contributed by atoms with Crippen LogP contribution in [0, 0.1) is 12.7 Å². The maximum atomic E-state index is 13.3. The van der Waals surface area contributed by atoms with Gasteiger partial charge in [-0.25, -0.2) is 14.1 Å². The highest BCUT2D eigenvalue weighted by Gasteiger charge is 2.36. The van der Waals surface area contributed by atoms with Crippen molar-refractivity contribution >= 4 is 17.4 Å². The van der Waals surface area contributed by atoms with Gasteiger partial charge in [0.2, 0.25) is 5.91 Å². The van der Waals surface area contributed by atoms with E-state index in [-0.39, 0.29) is 12.2 Å². The number of anilines is 2. The molecule has 3 aromatic rings.